The van der Waals surface area contributed by atoms with Gasteiger partial charge in [0.25, 0.3) is 0 Å². The summed E-state index contributed by atoms with van der Waals surface area (Å²) >= 11 is 0.271. The molecule has 2 aliphatic rings. The minimum atomic E-state index is 0.0132. The van der Waals surface area contributed by atoms with E-state index in [4.69, 9.17) is 0 Å². The summed E-state index contributed by atoms with van der Waals surface area (Å²) < 4.78 is 2.67. The van der Waals surface area contributed by atoms with Crippen LogP contribution in [0.1, 0.15) is 25.7 Å². The number of aliphatic hydroxyl groups excluding tert-OH is 1. The van der Waals surface area contributed by atoms with Gasteiger partial charge < -0.3 is 0 Å². The number of aliphatic hydroxyl groups is 1. The SMILES string of the molecule is C[I-]N1C2CCC1CC(O)C2. The van der Waals surface area contributed by atoms with Crippen LogP contribution in [-0.4, -0.2) is 31.3 Å². The first kappa shape index (κ1) is 8.26. The molecule has 0 aromatic heterocycles. The van der Waals surface area contributed by atoms with Gasteiger partial charge in [-0.1, -0.05) is 0 Å². The Morgan fingerprint density at radius 1 is 1.27 bits per heavy atom. The predicted octanol–water partition coefficient (Wildman–Crippen LogP) is -2.39. The Hall–Kier alpha value is 0.650. The summed E-state index contributed by atoms with van der Waals surface area (Å²) in [4.78, 5) is 2.34. The van der Waals surface area contributed by atoms with Crippen molar-refractivity contribution in [1.82, 2.24) is 3.11 Å². The average molecular weight is 268 g/mol. The van der Waals surface area contributed by atoms with E-state index >= 15 is 0 Å². The van der Waals surface area contributed by atoms with Crippen molar-refractivity contribution in [3.63, 3.8) is 0 Å². The molecule has 2 saturated heterocycles. The summed E-state index contributed by atoms with van der Waals surface area (Å²) in [5.74, 6) is 0. The Morgan fingerprint density at radius 3 is 2.27 bits per heavy atom. The molecule has 2 heterocycles. The van der Waals surface area contributed by atoms with Crippen LogP contribution in [0.4, 0.5) is 0 Å². The number of alkyl halides is 1. The minimum absolute atomic E-state index is 0.0132. The standard InChI is InChI=1S/C8H15INO/c1-9-10-6-2-3-7(10)5-8(11)4-6/h6-8,11H,2-5H2,1H3/q-1. The van der Waals surface area contributed by atoms with Gasteiger partial charge in [-0.2, -0.15) is 0 Å². The van der Waals surface area contributed by atoms with Gasteiger partial charge in [-0.15, -0.1) is 0 Å². The number of halogens is 1. The second-order valence-corrected chi connectivity index (χ2v) is 5.60. The van der Waals surface area contributed by atoms with Crippen LogP contribution in [0.25, 0.3) is 0 Å². The molecule has 2 aliphatic heterocycles. The number of piperidine rings is 1. The van der Waals surface area contributed by atoms with E-state index < -0.39 is 0 Å². The number of hydrogen-bond acceptors (Lipinski definition) is 2. The molecule has 0 aromatic rings. The monoisotopic (exact) mass is 268 g/mol. The maximum atomic E-state index is 9.49. The Bertz CT molecular complexity index is 139. The molecule has 0 saturated carbocycles. The van der Waals surface area contributed by atoms with Gasteiger partial charge in [-0.25, -0.2) is 0 Å². The maximum absolute atomic E-state index is 9.49. The fourth-order valence-electron chi connectivity index (χ4n) is 2.37. The second-order valence-electron chi connectivity index (χ2n) is 3.52. The molecule has 2 rings (SSSR count). The van der Waals surface area contributed by atoms with Crippen LogP contribution in [0.3, 0.4) is 0 Å². The molecule has 1 N–H and O–H groups in total. The van der Waals surface area contributed by atoms with Crippen LogP contribution in [0.2, 0.25) is 0 Å². The number of hydrogen-bond donors (Lipinski definition) is 1. The first-order valence-corrected chi connectivity index (χ1v) is 7.39. The quantitative estimate of drug-likeness (QED) is 0.326. The number of rotatable bonds is 1. The first-order chi connectivity index (χ1) is 5.31. The number of fused-ring (bicyclic) bond motifs is 2. The summed E-state index contributed by atoms with van der Waals surface area (Å²) in [5, 5.41) is 9.49. The van der Waals surface area contributed by atoms with E-state index in [-0.39, 0.29) is 27.6 Å². The van der Waals surface area contributed by atoms with Crippen LogP contribution in [0.5, 0.6) is 0 Å². The van der Waals surface area contributed by atoms with Gasteiger partial charge in [0, 0.05) is 0 Å². The van der Waals surface area contributed by atoms with Crippen LogP contribution in [0.15, 0.2) is 0 Å². The van der Waals surface area contributed by atoms with E-state index in [1.165, 1.54) is 12.8 Å². The zero-order valence-electron chi connectivity index (χ0n) is 6.83. The Balaban J connectivity index is 2.06. The molecule has 2 unspecified atom stereocenters. The molecule has 2 nitrogen and oxygen atoms in total. The third kappa shape index (κ3) is 1.42. The second kappa shape index (κ2) is 3.18. The summed E-state index contributed by atoms with van der Waals surface area (Å²) in [6.45, 7) is 0. The fourth-order valence-corrected chi connectivity index (χ4v) is 4.95. The molecule has 2 bridgehead atoms. The molecule has 0 aliphatic carbocycles. The van der Waals surface area contributed by atoms with Gasteiger partial charge in [-0.05, 0) is 0 Å². The van der Waals surface area contributed by atoms with Gasteiger partial charge in [0.1, 0.15) is 0 Å². The Labute approximate surface area is 78.6 Å². The van der Waals surface area contributed by atoms with Crippen molar-refractivity contribution in [2.75, 3.05) is 4.93 Å². The van der Waals surface area contributed by atoms with Crippen molar-refractivity contribution in [3.8, 4) is 0 Å². The molecule has 0 radical (unpaired) electrons. The molecule has 0 aromatic carbocycles. The molecule has 2 atom stereocenters. The van der Waals surface area contributed by atoms with Gasteiger partial charge in [0.05, 0.1) is 0 Å². The van der Waals surface area contributed by atoms with Gasteiger partial charge in [-0.3, -0.25) is 0 Å². The van der Waals surface area contributed by atoms with Crippen molar-refractivity contribution < 1.29 is 26.6 Å². The van der Waals surface area contributed by atoms with E-state index in [9.17, 15) is 5.11 Å². The normalized spacial score (nSPS) is 45.1. The molecule has 11 heavy (non-hydrogen) atoms. The summed E-state index contributed by atoms with van der Waals surface area (Å²) in [7, 11) is 0. The topological polar surface area (TPSA) is 23.5 Å². The summed E-state index contributed by atoms with van der Waals surface area (Å²) in [5.41, 5.74) is 0. The van der Waals surface area contributed by atoms with Crippen molar-refractivity contribution in [1.29, 1.82) is 0 Å². The van der Waals surface area contributed by atoms with E-state index in [1.54, 1.807) is 0 Å². The molecule has 2 fully saturated rings. The van der Waals surface area contributed by atoms with Gasteiger partial charge in [0.15, 0.2) is 0 Å². The third-order valence-corrected chi connectivity index (χ3v) is 5.50. The first-order valence-electron chi connectivity index (χ1n) is 4.27. The molecule has 3 heteroatoms. The zero-order chi connectivity index (χ0) is 7.84. The molecular weight excluding hydrogens is 253 g/mol. The van der Waals surface area contributed by atoms with Crippen LogP contribution in [-0.2, 0) is 0 Å². The van der Waals surface area contributed by atoms with Crippen molar-refractivity contribution >= 4 is 0 Å². The molecule has 0 amide bonds. The van der Waals surface area contributed by atoms with Gasteiger partial charge in [0.2, 0.25) is 0 Å². The zero-order valence-corrected chi connectivity index (χ0v) is 8.99. The van der Waals surface area contributed by atoms with Crippen LogP contribution in [0, 0.1) is 0 Å². The van der Waals surface area contributed by atoms with E-state index in [0.29, 0.717) is 0 Å². The van der Waals surface area contributed by atoms with Crippen LogP contribution >= 0.6 is 0 Å². The summed E-state index contributed by atoms with van der Waals surface area (Å²) in [6, 6.07) is 1.50. The third-order valence-electron chi connectivity index (χ3n) is 2.81. The van der Waals surface area contributed by atoms with E-state index in [1.807, 2.05) is 0 Å². The number of nitrogens with zero attached hydrogens (tertiary/aromatic N) is 1. The van der Waals surface area contributed by atoms with Gasteiger partial charge >= 0.3 is 78.5 Å². The molecule has 66 valence electrons. The Morgan fingerprint density at radius 2 is 1.82 bits per heavy atom. The van der Waals surface area contributed by atoms with E-state index in [0.717, 1.165) is 24.9 Å². The molecule has 0 spiro atoms. The Kier molecular flexibility index (Phi) is 2.39. The van der Waals surface area contributed by atoms with Crippen LogP contribution < -0.4 is 21.5 Å². The predicted molar refractivity (Wildman–Crippen MR) is 39.8 cm³/mol. The molecular formula is C8H15INO-. The van der Waals surface area contributed by atoms with E-state index in [2.05, 4.69) is 8.04 Å². The van der Waals surface area contributed by atoms with Crippen molar-refractivity contribution in [2.45, 2.75) is 43.9 Å². The van der Waals surface area contributed by atoms with Crippen molar-refractivity contribution in [2.24, 2.45) is 0 Å². The fraction of sp³-hybridized carbons (Fsp3) is 1.00. The van der Waals surface area contributed by atoms with Crippen molar-refractivity contribution in [3.05, 3.63) is 0 Å². The summed E-state index contributed by atoms with van der Waals surface area (Å²) in [6.07, 6.45) is 4.79. The average Bonchev–Trinajstić information content (AvgIpc) is 2.23.